The van der Waals surface area contributed by atoms with Gasteiger partial charge in [0, 0.05) is 12.8 Å². The SMILES string of the molecule is CC(O)C(NC(=O)C1CCCN1)C(=O)NC(CCC(N)=O)C(=O)NC(CCC(N)=O)C(=O)O. The number of aliphatic hydroxyl groups excluding tert-OH is 1. The monoisotopic (exact) mass is 472 g/mol. The highest BCUT2D eigenvalue weighted by atomic mass is 16.4. The normalized spacial score (nSPS) is 18.9. The van der Waals surface area contributed by atoms with Gasteiger partial charge < -0.3 is 42.9 Å². The molecule has 1 aliphatic heterocycles. The zero-order valence-electron chi connectivity index (χ0n) is 18.3. The van der Waals surface area contributed by atoms with E-state index in [1.165, 1.54) is 6.92 Å². The molecule has 5 amide bonds. The van der Waals surface area contributed by atoms with Crippen LogP contribution in [-0.2, 0) is 28.8 Å². The van der Waals surface area contributed by atoms with Crippen LogP contribution in [0.4, 0.5) is 0 Å². The number of carboxylic acids is 1. The minimum Gasteiger partial charge on any atom is -0.480 e. The number of aliphatic carboxylic acids is 1. The van der Waals surface area contributed by atoms with Gasteiger partial charge in [-0.1, -0.05) is 0 Å². The molecule has 14 nitrogen and oxygen atoms in total. The second kappa shape index (κ2) is 13.3. The topological polar surface area (TPSA) is 243 Å². The summed E-state index contributed by atoms with van der Waals surface area (Å²) in [6.45, 7) is 1.91. The Bertz CT molecular complexity index is 753. The van der Waals surface area contributed by atoms with Gasteiger partial charge in [0.15, 0.2) is 0 Å². The third-order valence-corrected chi connectivity index (χ3v) is 5.05. The van der Waals surface area contributed by atoms with Crippen LogP contribution in [0.1, 0.15) is 45.4 Å². The standard InChI is InChI=1S/C19H32N6O8/c1-9(26)15(25-16(29)10-3-2-8-22-10)18(31)23-11(4-6-13(20)27)17(30)24-12(19(32)33)5-7-14(21)28/h9-12,15,22,26H,2-8H2,1H3,(H2,20,27)(H2,21,28)(H,23,31)(H,24,30)(H,25,29)(H,32,33). The van der Waals surface area contributed by atoms with Gasteiger partial charge in [0.1, 0.15) is 18.1 Å². The van der Waals surface area contributed by atoms with Crippen molar-refractivity contribution in [3.05, 3.63) is 0 Å². The molecule has 0 aromatic rings. The van der Waals surface area contributed by atoms with Gasteiger partial charge in [-0.2, -0.15) is 0 Å². The van der Waals surface area contributed by atoms with Crippen LogP contribution in [0.25, 0.3) is 0 Å². The molecule has 14 heteroatoms. The van der Waals surface area contributed by atoms with Crippen molar-refractivity contribution < 1.29 is 39.0 Å². The van der Waals surface area contributed by atoms with E-state index < -0.39 is 65.8 Å². The number of amides is 5. The predicted molar refractivity (Wildman–Crippen MR) is 113 cm³/mol. The molecule has 0 aliphatic carbocycles. The van der Waals surface area contributed by atoms with Crippen molar-refractivity contribution in [1.82, 2.24) is 21.3 Å². The van der Waals surface area contributed by atoms with Crippen LogP contribution in [0.15, 0.2) is 0 Å². The first-order chi connectivity index (χ1) is 15.4. The lowest BCUT2D eigenvalue weighted by atomic mass is 10.1. The van der Waals surface area contributed by atoms with Gasteiger partial charge in [0.05, 0.1) is 12.1 Å². The van der Waals surface area contributed by atoms with Crippen molar-refractivity contribution in [2.45, 2.75) is 75.7 Å². The molecule has 33 heavy (non-hydrogen) atoms. The minimum absolute atomic E-state index is 0.264. The first-order valence-corrected chi connectivity index (χ1v) is 10.5. The molecule has 0 bridgehead atoms. The maximum atomic E-state index is 12.7. The number of nitrogens with two attached hydrogens (primary N) is 2. The molecule has 1 aliphatic rings. The van der Waals surface area contributed by atoms with Gasteiger partial charge in [-0.05, 0) is 39.2 Å². The molecule has 5 unspecified atom stereocenters. The van der Waals surface area contributed by atoms with E-state index in [0.717, 1.165) is 6.42 Å². The average Bonchev–Trinajstić information content (AvgIpc) is 3.26. The summed E-state index contributed by atoms with van der Waals surface area (Å²) >= 11 is 0. The molecule has 186 valence electrons. The number of nitrogens with one attached hydrogen (secondary N) is 4. The Morgan fingerprint density at radius 3 is 1.94 bits per heavy atom. The van der Waals surface area contributed by atoms with Crippen LogP contribution in [0.5, 0.6) is 0 Å². The summed E-state index contributed by atoms with van der Waals surface area (Å²) < 4.78 is 0. The Kier molecular flexibility index (Phi) is 11.2. The fourth-order valence-electron chi connectivity index (χ4n) is 3.20. The molecule has 1 heterocycles. The van der Waals surface area contributed by atoms with Gasteiger partial charge in [-0.25, -0.2) is 4.79 Å². The van der Waals surface area contributed by atoms with E-state index in [1.54, 1.807) is 0 Å². The highest BCUT2D eigenvalue weighted by Gasteiger charge is 2.33. The van der Waals surface area contributed by atoms with Crippen molar-refractivity contribution in [2.75, 3.05) is 6.54 Å². The van der Waals surface area contributed by atoms with Crippen molar-refractivity contribution in [3.63, 3.8) is 0 Å². The molecule has 1 fully saturated rings. The van der Waals surface area contributed by atoms with Crippen molar-refractivity contribution in [2.24, 2.45) is 11.5 Å². The van der Waals surface area contributed by atoms with Gasteiger partial charge in [-0.3, -0.25) is 24.0 Å². The predicted octanol–water partition coefficient (Wildman–Crippen LogP) is -3.81. The highest BCUT2D eigenvalue weighted by Crippen LogP contribution is 2.07. The largest absolute Gasteiger partial charge is 0.480 e. The first-order valence-electron chi connectivity index (χ1n) is 10.5. The molecule has 1 saturated heterocycles. The van der Waals surface area contributed by atoms with Crippen LogP contribution in [-0.4, -0.2) is 82.5 Å². The zero-order chi connectivity index (χ0) is 25.1. The number of hydrogen-bond acceptors (Lipinski definition) is 8. The highest BCUT2D eigenvalue weighted by molar-refractivity contribution is 5.94. The summed E-state index contributed by atoms with van der Waals surface area (Å²) in [4.78, 5) is 71.3. The second-order valence-corrected chi connectivity index (χ2v) is 7.85. The first kappa shape index (κ1) is 27.8. The fourth-order valence-corrected chi connectivity index (χ4v) is 3.20. The van der Waals surface area contributed by atoms with Crippen LogP contribution in [0.2, 0.25) is 0 Å². The molecule has 0 spiro atoms. The number of aliphatic hydroxyl groups is 1. The minimum atomic E-state index is -1.47. The molecule has 0 aromatic carbocycles. The molecular formula is C19H32N6O8. The van der Waals surface area contributed by atoms with E-state index in [1.807, 2.05) is 0 Å². The average molecular weight is 472 g/mol. The van der Waals surface area contributed by atoms with Crippen molar-refractivity contribution in [1.29, 1.82) is 0 Å². The summed E-state index contributed by atoms with van der Waals surface area (Å²) in [6, 6.07) is -4.80. The lowest BCUT2D eigenvalue weighted by Gasteiger charge is -2.26. The molecule has 5 atom stereocenters. The summed E-state index contributed by atoms with van der Waals surface area (Å²) in [7, 11) is 0. The summed E-state index contributed by atoms with van der Waals surface area (Å²) in [5.74, 6) is -5.31. The molecular weight excluding hydrogens is 440 g/mol. The molecule has 10 N–H and O–H groups in total. The van der Waals surface area contributed by atoms with E-state index >= 15 is 0 Å². The number of primary amides is 2. The molecule has 0 aromatic heterocycles. The number of carbonyl (C=O) groups is 6. The third kappa shape index (κ3) is 9.82. The van der Waals surface area contributed by atoms with E-state index in [4.69, 9.17) is 11.5 Å². The number of rotatable bonds is 14. The van der Waals surface area contributed by atoms with E-state index in [0.29, 0.717) is 13.0 Å². The van der Waals surface area contributed by atoms with Crippen LogP contribution in [0.3, 0.4) is 0 Å². The van der Waals surface area contributed by atoms with Crippen molar-refractivity contribution in [3.8, 4) is 0 Å². The summed E-state index contributed by atoms with van der Waals surface area (Å²) in [5, 5.41) is 29.1. The molecule has 1 rings (SSSR count). The quantitative estimate of drug-likeness (QED) is 0.123. The van der Waals surface area contributed by atoms with Crippen LogP contribution >= 0.6 is 0 Å². The van der Waals surface area contributed by atoms with Gasteiger partial charge >= 0.3 is 5.97 Å². The molecule has 0 radical (unpaired) electrons. The van der Waals surface area contributed by atoms with Gasteiger partial charge in [0.2, 0.25) is 29.5 Å². The second-order valence-electron chi connectivity index (χ2n) is 7.85. The van der Waals surface area contributed by atoms with Gasteiger partial charge in [0.25, 0.3) is 0 Å². The van der Waals surface area contributed by atoms with E-state index in [2.05, 4.69) is 21.3 Å². The Balaban J connectivity index is 2.91. The maximum Gasteiger partial charge on any atom is 0.326 e. The van der Waals surface area contributed by atoms with Gasteiger partial charge in [-0.15, -0.1) is 0 Å². The van der Waals surface area contributed by atoms with E-state index in [9.17, 15) is 39.0 Å². The zero-order valence-corrected chi connectivity index (χ0v) is 18.3. The van der Waals surface area contributed by atoms with Crippen LogP contribution < -0.4 is 32.7 Å². The van der Waals surface area contributed by atoms with Crippen molar-refractivity contribution >= 4 is 35.5 Å². The Morgan fingerprint density at radius 1 is 0.939 bits per heavy atom. The molecule has 0 saturated carbocycles. The van der Waals surface area contributed by atoms with Crippen LogP contribution in [0, 0.1) is 0 Å². The Morgan fingerprint density at radius 2 is 1.48 bits per heavy atom. The summed E-state index contributed by atoms with van der Waals surface area (Å²) in [6.07, 6.45) is -1.15. The maximum absolute atomic E-state index is 12.7. The number of hydrogen-bond donors (Lipinski definition) is 8. The lowest BCUT2D eigenvalue weighted by molar-refractivity contribution is -0.143. The Labute approximate surface area is 190 Å². The smallest absolute Gasteiger partial charge is 0.326 e. The number of carboxylic acid groups (broad SMARTS) is 1. The third-order valence-electron chi connectivity index (χ3n) is 5.05. The van der Waals surface area contributed by atoms with E-state index in [-0.39, 0.29) is 25.7 Å². The summed E-state index contributed by atoms with van der Waals surface area (Å²) in [5.41, 5.74) is 10.1. The lowest BCUT2D eigenvalue weighted by Crippen LogP contribution is -2.59. The Hall–Kier alpha value is -3.26. The fraction of sp³-hybridized carbons (Fsp3) is 0.684. The number of carbonyl (C=O) groups excluding carboxylic acids is 5.